The van der Waals surface area contributed by atoms with Crippen molar-refractivity contribution in [2.24, 2.45) is 0 Å². The Balaban J connectivity index is 1.15. The van der Waals surface area contributed by atoms with Crippen molar-refractivity contribution in [2.75, 3.05) is 9.80 Å². The first-order valence-electron chi connectivity index (χ1n) is 16.4. The van der Waals surface area contributed by atoms with Crippen LogP contribution in [0.5, 0.6) is 0 Å². The third-order valence-corrected chi connectivity index (χ3v) is 8.62. The van der Waals surface area contributed by atoms with E-state index in [-0.39, 0.29) is 0 Å². The van der Waals surface area contributed by atoms with Gasteiger partial charge in [-0.1, -0.05) is 139 Å². The van der Waals surface area contributed by atoms with Crippen molar-refractivity contribution in [3.05, 3.63) is 204 Å². The fourth-order valence-corrected chi connectivity index (χ4v) is 6.12. The van der Waals surface area contributed by atoms with E-state index in [4.69, 9.17) is 0 Å². The number of hydrogen-bond acceptors (Lipinski definition) is 2. The van der Waals surface area contributed by atoms with E-state index in [1.165, 1.54) is 27.5 Å². The molecule has 2 heteroatoms. The van der Waals surface area contributed by atoms with E-state index in [0.717, 1.165) is 39.7 Å². The van der Waals surface area contributed by atoms with E-state index < -0.39 is 0 Å². The summed E-state index contributed by atoms with van der Waals surface area (Å²) in [7, 11) is 0. The van der Waals surface area contributed by atoms with Crippen molar-refractivity contribution in [1.82, 2.24) is 0 Å². The molecule has 0 unspecified atom stereocenters. The number of benzene rings is 7. The number of anilines is 6. The zero-order valence-corrected chi connectivity index (χ0v) is 27.4. The molecule has 0 aliphatic rings. The normalized spacial score (nSPS) is 11.4. The maximum atomic E-state index is 2.34. The monoisotopic (exact) mass is 618 g/mol. The molecule has 232 valence electrons. The third-order valence-electron chi connectivity index (χ3n) is 8.62. The Bertz CT molecular complexity index is 2160. The first kappa shape index (κ1) is 30.5. The summed E-state index contributed by atoms with van der Waals surface area (Å²) < 4.78 is 0. The van der Waals surface area contributed by atoms with Gasteiger partial charge in [-0.2, -0.15) is 0 Å². The predicted molar refractivity (Wildman–Crippen MR) is 207 cm³/mol. The second-order valence-corrected chi connectivity index (χ2v) is 12.0. The average Bonchev–Trinajstić information content (AvgIpc) is 3.14. The van der Waals surface area contributed by atoms with Crippen LogP contribution < -0.4 is 9.80 Å². The van der Waals surface area contributed by atoms with E-state index in [9.17, 15) is 0 Å². The van der Waals surface area contributed by atoms with Crippen molar-refractivity contribution in [2.45, 2.75) is 13.8 Å². The lowest BCUT2D eigenvalue weighted by molar-refractivity contribution is 1.27. The minimum atomic E-state index is 1.12. The minimum absolute atomic E-state index is 1.12. The molecule has 0 aliphatic carbocycles. The molecule has 0 aromatic heterocycles. The van der Waals surface area contributed by atoms with Crippen molar-refractivity contribution in [3.63, 3.8) is 0 Å². The van der Waals surface area contributed by atoms with Gasteiger partial charge >= 0.3 is 0 Å². The Morgan fingerprint density at radius 1 is 0.354 bits per heavy atom. The Hall–Kier alpha value is -6.12. The number of allylic oxidation sites excluding steroid dienone is 2. The molecule has 0 fully saturated rings. The lowest BCUT2D eigenvalue weighted by Gasteiger charge is -2.27. The molecule has 0 aliphatic heterocycles. The van der Waals surface area contributed by atoms with Gasteiger partial charge in [0.2, 0.25) is 0 Å². The summed E-state index contributed by atoms with van der Waals surface area (Å²) in [6, 6.07) is 60.4. The smallest absolute Gasteiger partial charge is 0.0540 e. The number of para-hydroxylation sites is 2. The van der Waals surface area contributed by atoms with Crippen molar-refractivity contribution in [3.8, 4) is 0 Å². The maximum Gasteiger partial charge on any atom is 0.0540 e. The van der Waals surface area contributed by atoms with Gasteiger partial charge in [0.05, 0.1) is 5.69 Å². The fourth-order valence-electron chi connectivity index (χ4n) is 6.12. The van der Waals surface area contributed by atoms with Gasteiger partial charge in [-0.3, -0.25) is 0 Å². The lowest BCUT2D eigenvalue weighted by atomic mass is 10.0. The summed E-state index contributed by atoms with van der Waals surface area (Å²) in [4.78, 5) is 4.63. The molecule has 0 heterocycles. The van der Waals surface area contributed by atoms with Crippen LogP contribution in [0.4, 0.5) is 34.1 Å². The highest BCUT2D eigenvalue weighted by molar-refractivity contribution is 6.02. The van der Waals surface area contributed by atoms with Crippen molar-refractivity contribution < 1.29 is 0 Å². The van der Waals surface area contributed by atoms with E-state index in [2.05, 4.69) is 218 Å². The molecule has 0 radical (unpaired) electrons. The molecule has 0 N–H and O–H groups in total. The number of rotatable bonds is 9. The molecule has 0 bridgehead atoms. The van der Waals surface area contributed by atoms with Gasteiger partial charge in [-0.15, -0.1) is 0 Å². The summed E-state index contributed by atoms with van der Waals surface area (Å²) in [6.07, 6.45) is 8.61. The lowest BCUT2D eigenvalue weighted by Crippen LogP contribution is -2.10. The molecule has 0 amide bonds. The Morgan fingerprint density at radius 2 is 0.792 bits per heavy atom. The maximum absolute atomic E-state index is 2.34. The molecule has 0 saturated heterocycles. The summed E-state index contributed by atoms with van der Waals surface area (Å²) in [5.41, 5.74) is 11.7. The van der Waals surface area contributed by atoms with Crippen LogP contribution in [0, 0.1) is 13.8 Å². The van der Waals surface area contributed by atoms with Crippen molar-refractivity contribution in [1.29, 1.82) is 0 Å². The van der Waals surface area contributed by atoms with Gasteiger partial charge in [0.25, 0.3) is 0 Å². The van der Waals surface area contributed by atoms with Crippen LogP contribution in [0.15, 0.2) is 182 Å². The van der Waals surface area contributed by atoms with Crippen LogP contribution >= 0.6 is 0 Å². The number of fused-ring (bicyclic) bond motifs is 1. The zero-order chi connectivity index (χ0) is 32.7. The van der Waals surface area contributed by atoms with Gasteiger partial charge in [-0.05, 0) is 97.1 Å². The molecule has 0 saturated carbocycles. The SMILES string of the molecule is Cc1ccc(N(c2ccccc2)c2ccc(/C=C/C=C/c3ccc(N(c4ccccc4)c4ccc(C)cc4)c4ccccc34)cc2)cc1. The topological polar surface area (TPSA) is 6.48 Å². The highest BCUT2D eigenvalue weighted by Crippen LogP contribution is 2.40. The number of nitrogens with zero attached hydrogens (tertiary/aromatic N) is 2. The molecule has 0 atom stereocenters. The zero-order valence-electron chi connectivity index (χ0n) is 27.4. The minimum Gasteiger partial charge on any atom is -0.311 e. The number of hydrogen-bond donors (Lipinski definition) is 0. The predicted octanol–water partition coefficient (Wildman–Crippen LogP) is 13.1. The standard InChI is InChI=1S/C46H38N2/c1-35-21-28-41(29-22-35)47(39-15-5-3-6-16-39)42-32-25-37(26-33-42)13-9-10-14-38-27-34-46(45-20-12-11-19-44(38)45)48(40-17-7-4-8-18-40)43-30-23-36(2)24-31-43/h3-34H,1-2H3/b13-9+,14-10+. The Kier molecular flexibility index (Phi) is 8.97. The van der Waals surface area contributed by atoms with Gasteiger partial charge < -0.3 is 9.80 Å². The van der Waals surface area contributed by atoms with Gasteiger partial charge in [-0.25, -0.2) is 0 Å². The van der Waals surface area contributed by atoms with Gasteiger partial charge in [0, 0.05) is 33.8 Å². The molecule has 0 spiro atoms. The van der Waals surface area contributed by atoms with Crippen LogP contribution in [0.3, 0.4) is 0 Å². The molecule has 48 heavy (non-hydrogen) atoms. The average molecular weight is 619 g/mol. The molecule has 7 aromatic carbocycles. The van der Waals surface area contributed by atoms with E-state index in [1.807, 2.05) is 0 Å². The van der Waals surface area contributed by atoms with Crippen LogP contribution in [0.2, 0.25) is 0 Å². The second kappa shape index (κ2) is 14.1. The fraction of sp³-hybridized carbons (Fsp3) is 0.0435. The highest BCUT2D eigenvalue weighted by Gasteiger charge is 2.16. The first-order chi connectivity index (χ1) is 23.6. The highest BCUT2D eigenvalue weighted by atomic mass is 15.1. The summed E-state index contributed by atoms with van der Waals surface area (Å²) in [5.74, 6) is 0. The Morgan fingerprint density at radius 3 is 1.38 bits per heavy atom. The molecular formula is C46H38N2. The molecular weight excluding hydrogens is 581 g/mol. The van der Waals surface area contributed by atoms with Crippen LogP contribution in [-0.4, -0.2) is 0 Å². The summed E-state index contributed by atoms with van der Waals surface area (Å²) >= 11 is 0. The van der Waals surface area contributed by atoms with Crippen LogP contribution in [-0.2, 0) is 0 Å². The van der Waals surface area contributed by atoms with Crippen LogP contribution in [0.25, 0.3) is 22.9 Å². The largest absolute Gasteiger partial charge is 0.311 e. The summed E-state index contributed by atoms with van der Waals surface area (Å²) in [6.45, 7) is 4.25. The van der Waals surface area contributed by atoms with E-state index >= 15 is 0 Å². The first-order valence-corrected chi connectivity index (χ1v) is 16.4. The third kappa shape index (κ3) is 6.70. The van der Waals surface area contributed by atoms with E-state index in [0.29, 0.717) is 0 Å². The second-order valence-electron chi connectivity index (χ2n) is 12.0. The summed E-state index contributed by atoms with van der Waals surface area (Å²) in [5, 5.41) is 2.43. The van der Waals surface area contributed by atoms with E-state index in [1.54, 1.807) is 0 Å². The van der Waals surface area contributed by atoms with Gasteiger partial charge in [0.15, 0.2) is 0 Å². The quantitative estimate of drug-likeness (QED) is 0.149. The van der Waals surface area contributed by atoms with Crippen LogP contribution in [0.1, 0.15) is 22.3 Å². The van der Waals surface area contributed by atoms with Gasteiger partial charge in [0.1, 0.15) is 0 Å². The molecule has 7 rings (SSSR count). The number of aryl methyl sites for hydroxylation is 2. The Labute approximate surface area is 284 Å². The molecule has 2 nitrogen and oxygen atoms in total. The molecule has 7 aromatic rings. The van der Waals surface area contributed by atoms with Crippen molar-refractivity contribution >= 4 is 57.0 Å².